The Kier molecular flexibility index (Phi) is 11.1. The lowest BCUT2D eigenvalue weighted by Gasteiger charge is -2.28. The van der Waals surface area contributed by atoms with E-state index in [0.29, 0.717) is 13.0 Å². The molecule has 4 nitrogen and oxygen atoms in total. The number of aliphatic imine (C=N–C) groups is 1. The Morgan fingerprint density at radius 2 is 1.59 bits per heavy atom. The van der Waals surface area contributed by atoms with Crippen LogP contribution in [-0.2, 0) is 20.9 Å². The maximum Gasteiger partial charge on any atom is 0.310 e. The molecule has 178 valence electrons. The van der Waals surface area contributed by atoms with Gasteiger partial charge in [0.25, 0.3) is 0 Å². The number of carbonyl (C=O) groups excluding carboxylic acids is 2. The van der Waals surface area contributed by atoms with Gasteiger partial charge in [-0.05, 0) is 23.8 Å². The van der Waals surface area contributed by atoms with E-state index < -0.39 is 17.3 Å². The first-order valence-electron chi connectivity index (χ1n) is 12.6. The molecule has 4 heteroatoms. The summed E-state index contributed by atoms with van der Waals surface area (Å²) in [4.78, 5) is 30.6. The number of benzene rings is 1. The topological polar surface area (TPSA) is 55.7 Å². The van der Waals surface area contributed by atoms with Gasteiger partial charge in [-0.2, -0.15) is 0 Å². The van der Waals surface area contributed by atoms with Gasteiger partial charge >= 0.3 is 5.97 Å². The van der Waals surface area contributed by atoms with Crippen LogP contribution in [0.25, 0.3) is 0 Å². The molecular weight excluding hydrogens is 398 g/mol. The van der Waals surface area contributed by atoms with Crippen molar-refractivity contribution in [2.45, 2.75) is 97.9 Å². The number of ketones is 1. The molecule has 1 aromatic rings. The number of esters is 1. The fourth-order valence-corrected chi connectivity index (χ4v) is 4.99. The molecule has 0 amide bonds. The summed E-state index contributed by atoms with van der Waals surface area (Å²) in [6.07, 6.45) is 12.5. The molecular formula is C28H43NO3. The summed E-state index contributed by atoms with van der Waals surface area (Å²) < 4.78 is 5.11. The van der Waals surface area contributed by atoms with Crippen molar-refractivity contribution in [2.24, 2.45) is 22.2 Å². The first-order chi connectivity index (χ1) is 15.4. The standard InChI is InChI=1S/C28H43NO3/c1-5-6-7-8-9-10-11-12-16-19-23(29-21-22-17-14-13-15-18-22)25-24(30)20-28(2,3)26(25)27(31)32-4/h13-15,17-18,25-26H,5-12,16,19-21H2,1-4H3. The maximum atomic E-state index is 13.0. The number of Topliss-reactive ketones (excluding diaryl/α,β-unsaturated/α-hetero) is 1. The lowest BCUT2D eigenvalue weighted by atomic mass is 9.76. The molecule has 1 aromatic carbocycles. The van der Waals surface area contributed by atoms with E-state index in [9.17, 15) is 9.59 Å². The van der Waals surface area contributed by atoms with Gasteiger partial charge in [0, 0.05) is 12.1 Å². The molecule has 0 aromatic heterocycles. The zero-order chi connectivity index (χ0) is 23.4. The van der Waals surface area contributed by atoms with Crippen LogP contribution in [-0.4, -0.2) is 24.6 Å². The average molecular weight is 442 g/mol. The van der Waals surface area contributed by atoms with Crippen LogP contribution in [0.3, 0.4) is 0 Å². The maximum absolute atomic E-state index is 13.0. The number of nitrogens with zero attached hydrogens (tertiary/aromatic N) is 1. The number of hydrogen-bond donors (Lipinski definition) is 0. The van der Waals surface area contributed by atoms with E-state index >= 15 is 0 Å². The molecule has 1 aliphatic carbocycles. The van der Waals surface area contributed by atoms with Crippen LogP contribution >= 0.6 is 0 Å². The Balaban J connectivity index is 2.04. The molecule has 2 atom stereocenters. The quantitative estimate of drug-likeness (QED) is 0.178. The van der Waals surface area contributed by atoms with Crippen LogP contribution in [0, 0.1) is 17.3 Å². The minimum Gasteiger partial charge on any atom is -0.469 e. The van der Waals surface area contributed by atoms with Gasteiger partial charge in [-0.3, -0.25) is 14.6 Å². The molecule has 0 saturated heterocycles. The van der Waals surface area contributed by atoms with E-state index in [4.69, 9.17) is 9.73 Å². The highest BCUT2D eigenvalue weighted by Crippen LogP contribution is 2.46. The Labute approximate surface area is 195 Å². The minimum absolute atomic E-state index is 0.133. The van der Waals surface area contributed by atoms with Crippen molar-refractivity contribution in [3.05, 3.63) is 35.9 Å². The number of carbonyl (C=O) groups is 2. The molecule has 0 heterocycles. The normalized spacial score (nSPS) is 20.5. The van der Waals surface area contributed by atoms with E-state index in [0.717, 1.165) is 30.5 Å². The number of rotatable bonds is 14. The predicted molar refractivity (Wildman–Crippen MR) is 132 cm³/mol. The molecule has 1 saturated carbocycles. The van der Waals surface area contributed by atoms with Crippen molar-refractivity contribution in [1.29, 1.82) is 0 Å². The summed E-state index contributed by atoms with van der Waals surface area (Å²) in [6, 6.07) is 10.1. The van der Waals surface area contributed by atoms with E-state index in [1.165, 1.54) is 52.1 Å². The van der Waals surface area contributed by atoms with Crippen molar-refractivity contribution in [2.75, 3.05) is 7.11 Å². The fraction of sp³-hybridized carbons (Fsp3) is 0.679. The molecule has 2 rings (SSSR count). The van der Waals surface area contributed by atoms with Gasteiger partial charge < -0.3 is 4.74 Å². The molecule has 1 fully saturated rings. The summed E-state index contributed by atoms with van der Waals surface area (Å²) in [7, 11) is 1.42. The lowest BCUT2D eigenvalue weighted by molar-refractivity contribution is -0.149. The van der Waals surface area contributed by atoms with Crippen LogP contribution in [0.4, 0.5) is 0 Å². The SMILES string of the molecule is CCCCCCCCCCCC(=NCc1ccccc1)C1C(=O)CC(C)(C)C1C(=O)OC. The summed E-state index contributed by atoms with van der Waals surface area (Å²) in [5, 5.41) is 0. The Morgan fingerprint density at radius 3 is 2.19 bits per heavy atom. The molecule has 0 aliphatic heterocycles. The van der Waals surface area contributed by atoms with Crippen molar-refractivity contribution >= 4 is 17.5 Å². The highest BCUT2D eigenvalue weighted by molar-refractivity contribution is 6.10. The van der Waals surface area contributed by atoms with Crippen molar-refractivity contribution in [3.63, 3.8) is 0 Å². The van der Waals surface area contributed by atoms with Crippen molar-refractivity contribution in [1.82, 2.24) is 0 Å². The van der Waals surface area contributed by atoms with Gasteiger partial charge in [-0.15, -0.1) is 0 Å². The zero-order valence-corrected chi connectivity index (χ0v) is 20.7. The smallest absolute Gasteiger partial charge is 0.310 e. The first kappa shape index (κ1) is 26.3. The third-order valence-corrected chi connectivity index (χ3v) is 6.81. The molecule has 1 aliphatic rings. The van der Waals surface area contributed by atoms with Crippen LogP contribution < -0.4 is 0 Å². The van der Waals surface area contributed by atoms with Crippen LogP contribution in [0.1, 0.15) is 97.0 Å². The molecule has 0 radical (unpaired) electrons. The first-order valence-corrected chi connectivity index (χ1v) is 12.6. The van der Waals surface area contributed by atoms with E-state index in [2.05, 4.69) is 19.1 Å². The monoisotopic (exact) mass is 441 g/mol. The molecule has 0 N–H and O–H groups in total. The van der Waals surface area contributed by atoms with Crippen LogP contribution in [0.5, 0.6) is 0 Å². The molecule has 0 bridgehead atoms. The van der Waals surface area contributed by atoms with Gasteiger partial charge in [-0.1, -0.05) is 102 Å². The predicted octanol–water partition coefficient (Wildman–Crippen LogP) is 6.95. The fourth-order valence-electron chi connectivity index (χ4n) is 4.99. The second kappa shape index (κ2) is 13.5. The minimum atomic E-state index is -0.451. The van der Waals surface area contributed by atoms with Gasteiger partial charge in [-0.25, -0.2) is 0 Å². The van der Waals surface area contributed by atoms with Gasteiger partial charge in [0.1, 0.15) is 5.78 Å². The van der Waals surface area contributed by atoms with Gasteiger partial charge in [0.2, 0.25) is 0 Å². The van der Waals surface area contributed by atoms with Crippen molar-refractivity contribution in [3.8, 4) is 0 Å². The highest BCUT2D eigenvalue weighted by atomic mass is 16.5. The third kappa shape index (κ3) is 7.86. The summed E-state index contributed by atoms with van der Waals surface area (Å²) in [5.41, 5.74) is 1.61. The number of ether oxygens (including phenoxy) is 1. The molecule has 32 heavy (non-hydrogen) atoms. The van der Waals surface area contributed by atoms with E-state index in [-0.39, 0.29) is 11.8 Å². The Morgan fingerprint density at radius 1 is 1.00 bits per heavy atom. The van der Waals surface area contributed by atoms with Gasteiger partial charge in [0.15, 0.2) is 0 Å². The lowest BCUT2D eigenvalue weighted by Crippen LogP contribution is -2.36. The highest BCUT2D eigenvalue weighted by Gasteiger charge is 2.53. The Bertz CT molecular complexity index is 738. The van der Waals surface area contributed by atoms with E-state index in [1.54, 1.807) is 0 Å². The summed E-state index contributed by atoms with van der Waals surface area (Å²) in [6.45, 7) is 6.79. The average Bonchev–Trinajstić information content (AvgIpc) is 3.02. The second-order valence-corrected chi connectivity index (χ2v) is 9.98. The third-order valence-electron chi connectivity index (χ3n) is 6.81. The van der Waals surface area contributed by atoms with Crippen molar-refractivity contribution < 1.29 is 14.3 Å². The largest absolute Gasteiger partial charge is 0.469 e. The number of unbranched alkanes of at least 4 members (excludes halogenated alkanes) is 8. The van der Waals surface area contributed by atoms with E-state index in [1.807, 2.05) is 32.0 Å². The molecule has 0 spiro atoms. The summed E-state index contributed by atoms with van der Waals surface area (Å²) in [5.74, 6) is -1.05. The van der Waals surface area contributed by atoms with Gasteiger partial charge in [0.05, 0.1) is 25.5 Å². The Hall–Kier alpha value is -1.97. The second-order valence-electron chi connectivity index (χ2n) is 9.98. The van der Waals surface area contributed by atoms with Crippen LogP contribution in [0.2, 0.25) is 0 Å². The number of hydrogen-bond acceptors (Lipinski definition) is 4. The summed E-state index contributed by atoms with van der Waals surface area (Å²) >= 11 is 0. The molecule has 2 unspecified atom stereocenters. The van der Waals surface area contributed by atoms with Crippen LogP contribution in [0.15, 0.2) is 35.3 Å². The number of methoxy groups -OCH3 is 1. The zero-order valence-electron chi connectivity index (χ0n) is 20.7.